The second kappa shape index (κ2) is 6.41. The molecule has 5 heteroatoms. The summed E-state index contributed by atoms with van der Waals surface area (Å²) in [6.07, 6.45) is 0.109. The van der Waals surface area contributed by atoms with Crippen LogP contribution in [0.5, 0.6) is 5.75 Å². The van der Waals surface area contributed by atoms with Crippen molar-refractivity contribution in [2.75, 3.05) is 12.0 Å². The number of rotatable bonds is 4. The predicted molar refractivity (Wildman–Crippen MR) is 77.2 cm³/mol. The number of nitrogens with zero attached hydrogens (tertiary/aromatic N) is 1. The maximum atomic E-state index is 12.3. The highest BCUT2D eigenvalue weighted by Gasteiger charge is 2.29. The topological polar surface area (TPSA) is 55.8 Å². The molecule has 0 saturated heterocycles. The van der Waals surface area contributed by atoms with Gasteiger partial charge in [0.1, 0.15) is 17.6 Å². The van der Waals surface area contributed by atoms with Crippen molar-refractivity contribution in [3.05, 3.63) is 24.3 Å². The first-order valence-electron chi connectivity index (χ1n) is 6.40. The number of ether oxygens (including phenoxy) is 2. The largest absolute Gasteiger partial charge is 0.495 e. The van der Waals surface area contributed by atoms with Crippen LogP contribution in [0, 0.1) is 0 Å². The first-order chi connectivity index (χ1) is 9.30. The van der Waals surface area contributed by atoms with Gasteiger partial charge in [-0.25, -0.2) is 4.79 Å². The molecule has 1 amide bonds. The average molecular weight is 279 g/mol. The van der Waals surface area contributed by atoms with Crippen molar-refractivity contribution in [1.29, 1.82) is 0 Å². The summed E-state index contributed by atoms with van der Waals surface area (Å²) < 4.78 is 10.6. The van der Waals surface area contributed by atoms with Crippen LogP contribution in [0.3, 0.4) is 0 Å². The van der Waals surface area contributed by atoms with Gasteiger partial charge in [0.05, 0.1) is 18.8 Å². The van der Waals surface area contributed by atoms with Crippen molar-refractivity contribution >= 4 is 18.1 Å². The lowest BCUT2D eigenvalue weighted by atomic mass is 10.2. The molecule has 110 valence electrons. The summed E-state index contributed by atoms with van der Waals surface area (Å²) in [7, 11) is 1.51. The Morgan fingerprint density at radius 3 is 2.40 bits per heavy atom. The van der Waals surface area contributed by atoms with Gasteiger partial charge in [0.2, 0.25) is 0 Å². The number of amides is 1. The minimum Gasteiger partial charge on any atom is -0.495 e. The van der Waals surface area contributed by atoms with Gasteiger partial charge in [0, 0.05) is 0 Å². The van der Waals surface area contributed by atoms with E-state index in [1.54, 1.807) is 52.0 Å². The first-order valence-corrected chi connectivity index (χ1v) is 6.40. The fourth-order valence-corrected chi connectivity index (χ4v) is 1.68. The second-order valence-corrected chi connectivity index (χ2v) is 5.40. The van der Waals surface area contributed by atoms with Crippen molar-refractivity contribution in [1.82, 2.24) is 0 Å². The van der Waals surface area contributed by atoms with Gasteiger partial charge in [-0.05, 0) is 39.8 Å². The Bertz CT molecular complexity index is 479. The lowest BCUT2D eigenvalue weighted by Crippen LogP contribution is -2.43. The highest BCUT2D eigenvalue weighted by Crippen LogP contribution is 2.30. The van der Waals surface area contributed by atoms with E-state index in [9.17, 15) is 9.59 Å². The third kappa shape index (κ3) is 3.98. The van der Waals surface area contributed by atoms with Crippen LogP contribution in [0.4, 0.5) is 10.5 Å². The minimum absolute atomic E-state index is 0.504. The van der Waals surface area contributed by atoms with Crippen LogP contribution < -0.4 is 9.64 Å². The molecule has 5 nitrogen and oxygen atoms in total. The lowest BCUT2D eigenvalue weighted by molar-refractivity contribution is -0.108. The third-order valence-corrected chi connectivity index (χ3v) is 2.54. The predicted octanol–water partition coefficient (Wildman–Crippen LogP) is 3.02. The molecule has 0 bridgehead atoms. The van der Waals surface area contributed by atoms with Crippen LogP contribution in [0.2, 0.25) is 0 Å². The smallest absolute Gasteiger partial charge is 0.415 e. The molecule has 0 aliphatic rings. The van der Waals surface area contributed by atoms with Gasteiger partial charge in [-0.2, -0.15) is 0 Å². The molecule has 0 spiro atoms. The van der Waals surface area contributed by atoms with Crippen LogP contribution in [0.15, 0.2) is 24.3 Å². The van der Waals surface area contributed by atoms with Gasteiger partial charge < -0.3 is 14.3 Å². The molecule has 0 saturated carbocycles. The number of hydrogen-bond acceptors (Lipinski definition) is 4. The Labute approximate surface area is 119 Å². The van der Waals surface area contributed by atoms with Crippen molar-refractivity contribution < 1.29 is 19.1 Å². The van der Waals surface area contributed by atoms with E-state index in [0.717, 1.165) is 0 Å². The Morgan fingerprint density at radius 1 is 1.30 bits per heavy atom. The van der Waals surface area contributed by atoms with Crippen LogP contribution in [-0.2, 0) is 9.53 Å². The summed E-state index contributed by atoms with van der Waals surface area (Å²) in [5, 5.41) is 0. The molecule has 1 aromatic carbocycles. The quantitative estimate of drug-likeness (QED) is 0.795. The van der Waals surface area contributed by atoms with Crippen LogP contribution in [0.25, 0.3) is 0 Å². The van der Waals surface area contributed by atoms with Crippen molar-refractivity contribution in [3.63, 3.8) is 0 Å². The maximum Gasteiger partial charge on any atom is 0.415 e. The van der Waals surface area contributed by atoms with Gasteiger partial charge in [0.25, 0.3) is 0 Å². The molecule has 0 radical (unpaired) electrons. The lowest BCUT2D eigenvalue weighted by Gasteiger charge is -2.30. The number of benzene rings is 1. The van der Waals surface area contributed by atoms with Gasteiger partial charge in [-0.1, -0.05) is 12.1 Å². The summed E-state index contributed by atoms with van der Waals surface area (Å²) >= 11 is 0. The second-order valence-electron chi connectivity index (χ2n) is 5.40. The molecule has 0 N–H and O–H groups in total. The number of aldehydes is 1. The molecule has 1 unspecified atom stereocenters. The zero-order chi connectivity index (χ0) is 15.3. The summed E-state index contributed by atoms with van der Waals surface area (Å²) in [6, 6.07) is 6.35. The fraction of sp³-hybridized carbons (Fsp3) is 0.467. The number of carbonyl (C=O) groups excluding carboxylic acids is 2. The average Bonchev–Trinajstić information content (AvgIpc) is 2.37. The maximum absolute atomic E-state index is 12.3. The van der Waals surface area contributed by atoms with E-state index < -0.39 is 17.7 Å². The number of carbonyl (C=O) groups is 2. The zero-order valence-electron chi connectivity index (χ0n) is 12.5. The Kier molecular flexibility index (Phi) is 5.13. The molecule has 0 aliphatic heterocycles. The van der Waals surface area contributed by atoms with E-state index in [4.69, 9.17) is 9.47 Å². The molecule has 0 aliphatic carbocycles. The van der Waals surface area contributed by atoms with E-state index in [0.29, 0.717) is 17.7 Å². The monoisotopic (exact) mass is 279 g/mol. The highest BCUT2D eigenvalue weighted by molar-refractivity contribution is 5.94. The van der Waals surface area contributed by atoms with Gasteiger partial charge >= 0.3 is 6.09 Å². The number of para-hydroxylation sites is 2. The van der Waals surface area contributed by atoms with Gasteiger partial charge in [-0.3, -0.25) is 4.90 Å². The minimum atomic E-state index is -0.652. The highest BCUT2D eigenvalue weighted by atomic mass is 16.6. The van der Waals surface area contributed by atoms with E-state index in [-0.39, 0.29) is 0 Å². The molecule has 0 heterocycles. The van der Waals surface area contributed by atoms with Crippen molar-refractivity contribution in [2.24, 2.45) is 0 Å². The SMILES string of the molecule is COc1ccccc1N(C(=O)OC(C)(C)C)C(C)C=O. The molecule has 1 atom stereocenters. The number of anilines is 1. The van der Waals surface area contributed by atoms with Crippen molar-refractivity contribution in [3.8, 4) is 5.75 Å². The first kappa shape index (κ1) is 16.0. The summed E-state index contributed by atoms with van der Waals surface area (Å²) in [5.41, 5.74) is -0.135. The molecular formula is C15H21NO4. The molecule has 1 rings (SSSR count). The van der Waals surface area contributed by atoms with Gasteiger partial charge in [-0.15, -0.1) is 0 Å². The normalized spacial score (nSPS) is 12.4. The van der Waals surface area contributed by atoms with Crippen molar-refractivity contribution in [2.45, 2.75) is 39.3 Å². The van der Waals surface area contributed by atoms with Crippen LogP contribution >= 0.6 is 0 Å². The Hall–Kier alpha value is -2.04. The third-order valence-electron chi connectivity index (χ3n) is 2.54. The van der Waals surface area contributed by atoms with E-state index in [1.807, 2.05) is 0 Å². The summed E-state index contributed by atoms with van der Waals surface area (Å²) in [6.45, 7) is 6.95. The van der Waals surface area contributed by atoms with Crippen LogP contribution in [-0.4, -0.2) is 31.1 Å². The number of hydrogen-bond donors (Lipinski definition) is 0. The van der Waals surface area contributed by atoms with Gasteiger partial charge in [0.15, 0.2) is 0 Å². The number of methoxy groups -OCH3 is 1. The summed E-state index contributed by atoms with van der Waals surface area (Å²) in [5.74, 6) is 0.507. The molecule has 0 fully saturated rings. The van der Waals surface area contributed by atoms with E-state index in [2.05, 4.69) is 0 Å². The van der Waals surface area contributed by atoms with Crippen LogP contribution in [0.1, 0.15) is 27.7 Å². The standard InChI is InChI=1S/C15H21NO4/c1-11(10-17)16(14(18)20-15(2,3)4)12-8-6-7-9-13(12)19-5/h6-11H,1-5H3. The molecule has 1 aromatic rings. The molecular weight excluding hydrogens is 258 g/mol. The van der Waals surface area contributed by atoms with E-state index in [1.165, 1.54) is 12.0 Å². The molecule has 20 heavy (non-hydrogen) atoms. The zero-order valence-corrected chi connectivity index (χ0v) is 12.5. The Balaban J connectivity index is 3.19. The Morgan fingerprint density at radius 2 is 1.90 bits per heavy atom. The fourth-order valence-electron chi connectivity index (χ4n) is 1.68. The van der Waals surface area contributed by atoms with E-state index >= 15 is 0 Å². The molecule has 0 aromatic heterocycles. The summed E-state index contributed by atoms with van der Waals surface area (Å²) in [4.78, 5) is 24.7.